The topological polar surface area (TPSA) is 188 Å². The van der Waals surface area contributed by atoms with E-state index in [2.05, 4.69) is 6.92 Å². The molecule has 19 atom stereocenters. The lowest BCUT2D eigenvalue weighted by atomic mass is 9.78. The van der Waals surface area contributed by atoms with Crippen LogP contribution < -0.4 is 0 Å². The van der Waals surface area contributed by atoms with E-state index in [4.69, 9.17) is 23.7 Å². The molecule has 3 heterocycles. The van der Waals surface area contributed by atoms with E-state index >= 15 is 0 Å². The van der Waals surface area contributed by atoms with Crippen LogP contribution in [-0.2, 0) is 28.5 Å². The van der Waals surface area contributed by atoms with Crippen molar-refractivity contribution >= 4 is 5.78 Å². The Morgan fingerprint density at radius 1 is 0.815 bits per heavy atom. The zero-order valence-corrected chi connectivity index (χ0v) is 41.6. The third kappa shape index (κ3) is 15.1. The maximum Gasteiger partial charge on any atom is 0.174 e. The van der Waals surface area contributed by atoms with Gasteiger partial charge in [0.05, 0.1) is 42.7 Å². The van der Waals surface area contributed by atoms with Gasteiger partial charge in [0, 0.05) is 64.4 Å². The average Bonchev–Trinajstić information content (AvgIpc) is 3.28. The molecule has 0 radical (unpaired) electrons. The van der Waals surface area contributed by atoms with Crippen molar-refractivity contribution in [1.82, 2.24) is 4.90 Å². The van der Waals surface area contributed by atoms with Crippen molar-refractivity contribution < 1.29 is 59.1 Å². The summed E-state index contributed by atoms with van der Waals surface area (Å²) in [4.78, 5) is 15.6. The fourth-order valence-electron chi connectivity index (χ4n) is 11.0. The van der Waals surface area contributed by atoms with Crippen LogP contribution >= 0.6 is 0 Å². The molecule has 8 unspecified atom stereocenters. The fourth-order valence-corrected chi connectivity index (χ4v) is 11.0. The predicted molar refractivity (Wildman–Crippen MR) is 252 cm³/mol. The highest BCUT2D eigenvalue weighted by Gasteiger charge is 2.51. The summed E-state index contributed by atoms with van der Waals surface area (Å²) in [6.07, 6.45) is 11.7. The number of carbonyl (C=O) groups excluding carboxylic acids is 1. The molecule has 2 saturated heterocycles. The minimum atomic E-state index is -1.65. The highest BCUT2D eigenvalue weighted by molar-refractivity contribution is 5.86. The molecule has 2 bridgehead atoms. The molecule has 0 aromatic rings. The molecular weight excluding hydrogens is 831 g/mol. The van der Waals surface area contributed by atoms with Crippen molar-refractivity contribution in [3.63, 3.8) is 0 Å². The smallest absolute Gasteiger partial charge is 0.174 e. The van der Waals surface area contributed by atoms with Gasteiger partial charge < -0.3 is 54.3 Å². The zero-order valence-electron chi connectivity index (χ0n) is 41.6. The molecule has 0 spiro atoms. The van der Waals surface area contributed by atoms with Crippen LogP contribution in [0.4, 0.5) is 0 Å². The van der Waals surface area contributed by atoms with Gasteiger partial charge in [-0.1, -0.05) is 84.4 Å². The van der Waals surface area contributed by atoms with E-state index in [0.717, 1.165) is 37.7 Å². The Balaban J connectivity index is 1.69. The standard InChI is InChI=1S/C52H89NO12/c1-31-17-13-12-14-18-32(2)44(61-9)29-40-22-20-37(7)52(60,65-40)38(8)50(58)53-24-16-15-19-41(53)51(59)64-45(34(4)27-39-21-23-42(54)46(28-39)62-10)30-43(55)33(3)26-36(6)48(57)49(63-11)47(56)35(5)25-31/h12-14,17-18,26,31,33-35,37-46,48-51,54-55,57-60H,15-16,19-25,27-30H2,1-11H3/b14-12+,17-13+,32-18+,36-26+/t31-,33-,34-,35?,37?,38?,39?,40+,41?,42-,43+,44+,45+,46?,48?,49+,50+,51-,52?/m1/s1. The van der Waals surface area contributed by atoms with Gasteiger partial charge in [0.25, 0.3) is 0 Å². The van der Waals surface area contributed by atoms with Crippen molar-refractivity contribution in [2.24, 2.45) is 41.4 Å². The highest BCUT2D eigenvalue weighted by atomic mass is 16.6. The molecule has 6 N–H and O–H groups in total. The maximum absolute atomic E-state index is 13.7. The van der Waals surface area contributed by atoms with Crippen LogP contribution in [0.5, 0.6) is 0 Å². The number of ether oxygens (including phenoxy) is 5. The quantitative estimate of drug-likeness (QED) is 0.156. The van der Waals surface area contributed by atoms with Crippen molar-refractivity contribution in [1.29, 1.82) is 0 Å². The number of allylic oxidation sites excluding steroid dienone is 5. The van der Waals surface area contributed by atoms with Crippen molar-refractivity contribution in [3.8, 4) is 0 Å². The molecule has 3 fully saturated rings. The van der Waals surface area contributed by atoms with E-state index in [1.807, 2.05) is 76.8 Å². The second kappa shape index (κ2) is 26.2. The lowest BCUT2D eigenvalue weighted by Crippen LogP contribution is -2.61. The fraction of sp³-hybridized carbons (Fsp3) is 0.827. The molecule has 1 saturated carbocycles. The van der Waals surface area contributed by atoms with E-state index in [-0.39, 0.29) is 60.1 Å². The molecule has 13 heteroatoms. The van der Waals surface area contributed by atoms with Crippen LogP contribution in [0.15, 0.2) is 47.6 Å². The summed E-state index contributed by atoms with van der Waals surface area (Å²) in [6.45, 7) is 15.8. The first-order valence-corrected chi connectivity index (χ1v) is 24.8. The molecular formula is C52H89NO12. The van der Waals surface area contributed by atoms with Gasteiger partial charge in [-0.15, -0.1) is 0 Å². The lowest BCUT2D eigenvalue weighted by Gasteiger charge is -2.50. The molecule has 3 aliphatic heterocycles. The molecule has 13 nitrogen and oxygen atoms in total. The molecule has 0 aromatic carbocycles. The molecule has 4 rings (SSSR count). The molecule has 374 valence electrons. The summed E-state index contributed by atoms with van der Waals surface area (Å²) in [7, 11) is 4.72. The lowest BCUT2D eigenvalue weighted by molar-refractivity contribution is -0.330. The number of fused-ring (bicyclic) bond motifs is 3. The van der Waals surface area contributed by atoms with E-state index in [0.29, 0.717) is 50.6 Å². The summed E-state index contributed by atoms with van der Waals surface area (Å²) < 4.78 is 30.5. The molecule has 65 heavy (non-hydrogen) atoms. The number of hydrogen-bond donors (Lipinski definition) is 6. The molecule has 0 amide bonds. The second-order valence-corrected chi connectivity index (χ2v) is 20.6. The number of rotatable bonds is 6. The number of hydrogen-bond acceptors (Lipinski definition) is 13. The largest absolute Gasteiger partial charge is 0.392 e. The summed E-state index contributed by atoms with van der Waals surface area (Å²) in [5.41, 5.74) is 1.50. The number of carbonyl (C=O) groups is 1. The number of piperidine rings is 1. The van der Waals surface area contributed by atoms with Crippen molar-refractivity contribution in [2.45, 2.75) is 206 Å². The number of Topliss-reactive ketones (excluding diaryl/α,β-unsaturated/α-hetero) is 1. The van der Waals surface area contributed by atoms with Gasteiger partial charge in [0.1, 0.15) is 18.4 Å². The van der Waals surface area contributed by atoms with Gasteiger partial charge in [0.15, 0.2) is 17.9 Å². The Bertz CT molecular complexity index is 1570. The third-order valence-corrected chi connectivity index (χ3v) is 15.6. The van der Waals surface area contributed by atoms with Crippen molar-refractivity contribution in [2.75, 3.05) is 27.9 Å². The van der Waals surface area contributed by atoms with Gasteiger partial charge in [-0.3, -0.25) is 9.69 Å². The average molecular weight is 920 g/mol. The number of ketones is 1. The summed E-state index contributed by atoms with van der Waals surface area (Å²) in [6, 6.07) is -0.595. The Hall–Kier alpha value is -1.85. The van der Waals surface area contributed by atoms with E-state index < -0.39 is 66.7 Å². The van der Waals surface area contributed by atoms with Crippen LogP contribution in [0.2, 0.25) is 0 Å². The summed E-state index contributed by atoms with van der Waals surface area (Å²) >= 11 is 0. The van der Waals surface area contributed by atoms with Crippen LogP contribution in [-0.4, -0.2) is 142 Å². The van der Waals surface area contributed by atoms with Gasteiger partial charge in [-0.25, -0.2) is 0 Å². The van der Waals surface area contributed by atoms with Crippen LogP contribution in [0.3, 0.4) is 0 Å². The first-order chi connectivity index (χ1) is 30.7. The predicted octanol–water partition coefficient (Wildman–Crippen LogP) is 6.62. The Kier molecular flexibility index (Phi) is 22.5. The Morgan fingerprint density at radius 2 is 1.54 bits per heavy atom. The molecule has 4 aliphatic rings. The second-order valence-electron chi connectivity index (χ2n) is 20.6. The first kappa shape index (κ1) is 55.7. The maximum atomic E-state index is 13.7. The van der Waals surface area contributed by atoms with Crippen LogP contribution in [0.25, 0.3) is 0 Å². The first-order valence-electron chi connectivity index (χ1n) is 24.8. The van der Waals surface area contributed by atoms with Crippen LogP contribution in [0, 0.1) is 41.4 Å². The monoisotopic (exact) mass is 920 g/mol. The minimum absolute atomic E-state index is 0.0707. The molecule has 1 aliphatic carbocycles. The highest BCUT2D eigenvalue weighted by Crippen LogP contribution is 2.42. The summed E-state index contributed by atoms with van der Waals surface area (Å²) in [5, 5.41) is 70.6. The van der Waals surface area contributed by atoms with Gasteiger partial charge in [-0.05, 0) is 101 Å². The SMILES string of the molecule is COC1CC(C[C@@H](C)[C@@H]2C[C@H](O)[C@H](C)/C=C(\C)C(O)[C@@H](OC)C(=O)C(C)C[C@H](C)/C=C/C=C/C=C(\C)[C@@H](OC)C[C@@H]3CCC(C)C(O)(O3)C(C)[C@H](O)N3CCCCC3[C@H](O)O2)CC[C@H]1O. The Labute approximate surface area is 391 Å². The molecule has 0 aromatic heterocycles. The Morgan fingerprint density at radius 3 is 2.22 bits per heavy atom. The van der Waals surface area contributed by atoms with Crippen molar-refractivity contribution in [3.05, 3.63) is 47.6 Å². The third-order valence-electron chi connectivity index (χ3n) is 15.6. The minimum Gasteiger partial charge on any atom is -0.392 e. The van der Waals surface area contributed by atoms with E-state index in [9.17, 15) is 35.4 Å². The number of aliphatic hydroxyl groups is 6. The zero-order chi connectivity index (χ0) is 48.2. The van der Waals surface area contributed by atoms with Gasteiger partial charge in [0.2, 0.25) is 0 Å². The number of methoxy groups -OCH3 is 3. The van der Waals surface area contributed by atoms with Crippen LogP contribution in [0.1, 0.15) is 132 Å². The van der Waals surface area contributed by atoms with Gasteiger partial charge >= 0.3 is 0 Å². The number of aliphatic hydroxyl groups excluding tert-OH is 5. The van der Waals surface area contributed by atoms with E-state index in [1.165, 1.54) is 7.11 Å². The normalized spacial score (nSPS) is 45.3. The number of nitrogens with zero attached hydrogens (tertiary/aromatic N) is 1. The van der Waals surface area contributed by atoms with Gasteiger partial charge in [-0.2, -0.15) is 0 Å². The summed E-state index contributed by atoms with van der Waals surface area (Å²) in [5.74, 6) is -3.52. The van der Waals surface area contributed by atoms with E-state index in [1.54, 1.807) is 27.2 Å².